The van der Waals surface area contributed by atoms with Crippen molar-refractivity contribution in [3.8, 4) is 0 Å². The average molecular weight is 218 g/mol. The largest absolute Gasteiger partial charge is 0.0874 e. The molecule has 0 aromatic rings. The van der Waals surface area contributed by atoms with E-state index in [4.69, 9.17) is 0 Å². The van der Waals surface area contributed by atoms with Crippen LogP contribution in [0.5, 0.6) is 0 Å². The molecule has 0 radical (unpaired) electrons. The predicted molar refractivity (Wildman–Crippen MR) is 75.6 cm³/mol. The highest BCUT2D eigenvalue weighted by Gasteiger charge is 1.88. The summed E-state index contributed by atoms with van der Waals surface area (Å²) in [6.07, 6.45) is 14.5. The van der Waals surface area contributed by atoms with E-state index in [9.17, 15) is 0 Å². The molecule has 0 aliphatic carbocycles. The molecule has 90 valence electrons. The summed E-state index contributed by atoms with van der Waals surface area (Å²) in [7, 11) is 0. The van der Waals surface area contributed by atoms with E-state index in [1.54, 1.807) is 0 Å². The third-order valence-corrected chi connectivity index (χ3v) is 2.43. The molecule has 0 aliphatic heterocycles. The van der Waals surface area contributed by atoms with E-state index in [-0.39, 0.29) is 0 Å². The summed E-state index contributed by atoms with van der Waals surface area (Å²) in [6, 6.07) is 0. The molecule has 0 N–H and O–H groups in total. The first-order chi connectivity index (χ1) is 7.56. The molecule has 0 spiro atoms. The first-order valence-electron chi connectivity index (χ1n) is 6.14. The maximum absolute atomic E-state index is 2.33. The average Bonchev–Trinajstić information content (AvgIpc) is 2.17. The van der Waals surface area contributed by atoms with Gasteiger partial charge < -0.3 is 0 Å². The van der Waals surface area contributed by atoms with E-state index in [0.717, 1.165) is 6.42 Å². The lowest BCUT2D eigenvalue weighted by atomic mass is 10.1. The summed E-state index contributed by atoms with van der Waals surface area (Å²) >= 11 is 0. The molecular formula is C16H26. The molecule has 0 aromatic heterocycles. The van der Waals surface area contributed by atoms with Gasteiger partial charge in [0.15, 0.2) is 0 Å². The topological polar surface area (TPSA) is 0 Å². The third kappa shape index (κ3) is 9.51. The molecular weight excluding hydrogens is 192 g/mol. The fourth-order valence-electron chi connectivity index (χ4n) is 1.47. The van der Waals surface area contributed by atoms with Gasteiger partial charge in [-0.25, -0.2) is 0 Å². The van der Waals surface area contributed by atoms with Crippen LogP contribution in [0.15, 0.2) is 47.1 Å². The van der Waals surface area contributed by atoms with Crippen molar-refractivity contribution in [2.45, 2.75) is 53.9 Å². The van der Waals surface area contributed by atoms with Crippen molar-refractivity contribution in [2.75, 3.05) is 0 Å². The Morgan fingerprint density at radius 3 is 2.19 bits per heavy atom. The molecule has 0 nitrogen and oxygen atoms in total. The standard InChI is InChI=1S/C16H26/c1-6-9-15(4)12-8-13-16(5)11-7-10-14(2)3/h6,9-10,12-13H,7-8,11H2,1-5H3/b9-6-,15-12+,16-13+. The van der Waals surface area contributed by atoms with Crippen LogP contribution in [0.25, 0.3) is 0 Å². The SMILES string of the molecule is C/C=C\C(C)=C\C/C=C(\C)CCC=C(C)C. The highest BCUT2D eigenvalue weighted by Crippen LogP contribution is 2.08. The van der Waals surface area contributed by atoms with E-state index < -0.39 is 0 Å². The van der Waals surface area contributed by atoms with Gasteiger partial charge in [0.1, 0.15) is 0 Å². The maximum atomic E-state index is 2.33. The van der Waals surface area contributed by atoms with Gasteiger partial charge in [-0.1, -0.05) is 47.1 Å². The fourth-order valence-corrected chi connectivity index (χ4v) is 1.47. The van der Waals surface area contributed by atoms with Crippen LogP contribution < -0.4 is 0 Å². The van der Waals surface area contributed by atoms with Gasteiger partial charge in [-0.05, 0) is 53.9 Å². The Labute approximate surface area is 101 Å². The number of hydrogen-bond donors (Lipinski definition) is 0. The van der Waals surface area contributed by atoms with Gasteiger partial charge in [0.2, 0.25) is 0 Å². The van der Waals surface area contributed by atoms with Crippen LogP contribution >= 0.6 is 0 Å². The smallest absolute Gasteiger partial charge is 0.0161 e. The molecule has 0 rings (SSSR count). The van der Waals surface area contributed by atoms with Crippen LogP contribution in [-0.2, 0) is 0 Å². The Balaban J connectivity index is 3.96. The van der Waals surface area contributed by atoms with Crippen molar-refractivity contribution >= 4 is 0 Å². The van der Waals surface area contributed by atoms with Gasteiger partial charge >= 0.3 is 0 Å². The van der Waals surface area contributed by atoms with E-state index in [0.29, 0.717) is 0 Å². The third-order valence-electron chi connectivity index (χ3n) is 2.43. The van der Waals surface area contributed by atoms with Gasteiger partial charge in [-0.3, -0.25) is 0 Å². The molecule has 0 heterocycles. The number of hydrogen-bond acceptors (Lipinski definition) is 0. The van der Waals surface area contributed by atoms with Crippen molar-refractivity contribution in [3.63, 3.8) is 0 Å². The Kier molecular flexibility index (Phi) is 8.61. The summed E-state index contributed by atoms with van der Waals surface area (Å²) in [5.74, 6) is 0. The van der Waals surface area contributed by atoms with Gasteiger partial charge in [0.05, 0.1) is 0 Å². The summed E-state index contributed by atoms with van der Waals surface area (Å²) in [4.78, 5) is 0. The minimum absolute atomic E-state index is 1.05. The minimum atomic E-state index is 1.05. The zero-order chi connectivity index (χ0) is 12.4. The number of allylic oxidation sites excluding steroid dienone is 8. The van der Waals surface area contributed by atoms with Crippen LogP contribution in [0, 0.1) is 0 Å². The van der Waals surface area contributed by atoms with Crippen molar-refractivity contribution in [2.24, 2.45) is 0 Å². The van der Waals surface area contributed by atoms with Crippen LogP contribution in [0.1, 0.15) is 53.9 Å². The van der Waals surface area contributed by atoms with E-state index >= 15 is 0 Å². The Morgan fingerprint density at radius 2 is 1.62 bits per heavy atom. The fraction of sp³-hybridized carbons (Fsp3) is 0.500. The van der Waals surface area contributed by atoms with Crippen molar-refractivity contribution in [3.05, 3.63) is 47.1 Å². The zero-order valence-electron chi connectivity index (χ0n) is 11.5. The first-order valence-corrected chi connectivity index (χ1v) is 6.14. The van der Waals surface area contributed by atoms with E-state index in [1.165, 1.54) is 29.6 Å². The Hall–Kier alpha value is -1.04. The predicted octanol–water partition coefficient (Wildman–Crippen LogP) is 5.59. The Morgan fingerprint density at radius 1 is 0.938 bits per heavy atom. The van der Waals surface area contributed by atoms with Gasteiger partial charge in [0.25, 0.3) is 0 Å². The molecule has 0 unspecified atom stereocenters. The monoisotopic (exact) mass is 218 g/mol. The molecule has 0 bridgehead atoms. The van der Waals surface area contributed by atoms with Gasteiger partial charge in [-0.15, -0.1) is 0 Å². The second-order valence-electron chi connectivity index (χ2n) is 4.55. The molecule has 0 heteroatoms. The van der Waals surface area contributed by atoms with Crippen molar-refractivity contribution < 1.29 is 0 Å². The zero-order valence-corrected chi connectivity index (χ0v) is 11.5. The van der Waals surface area contributed by atoms with Crippen LogP contribution in [0.2, 0.25) is 0 Å². The molecule has 0 saturated heterocycles. The van der Waals surface area contributed by atoms with Crippen LogP contribution in [0.4, 0.5) is 0 Å². The molecule has 0 fully saturated rings. The number of rotatable bonds is 6. The lowest BCUT2D eigenvalue weighted by Gasteiger charge is -1.98. The van der Waals surface area contributed by atoms with E-state index in [1.807, 2.05) is 0 Å². The minimum Gasteiger partial charge on any atom is -0.0874 e. The highest BCUT2D eigenvalue weighted by molar-refractivity contribution is 5.17. The lowest BCUT2D eigenvalue weighted by molar-refractivity contribution is 0.958. The van der Waals surface area contributed by atoms with E-state index in [2.05, 4.69) is 65.0 Å². The summed E-state index contributed by atoms with van der Waals surface area (Å²) in [6.45, 7) is 10.7. The van der Waals surface area contributed by atoms with Gasteiger partial charge in [-0.2, -0.15) is 0 Å². The lowest BCUT2D eigenvalue weighted by Crippen LogP contribution is -1.77. The second-order valence-corrected chi connectivity index (χ2v) is 4.55. The molecule has 0 aliphatic rings. The molecule has 16 heavy (non-hydrogen) atoms. The molecule has 0 saturated carbocycles. The van der Waals surface area contributed by atoms with Crippen molar-refractivity contribution in [1.82, 2.24) is 0 Å². The molecule has 0 amide bonds. The first kappa shape index (κ1) is 15.0. The Bertz CT molecular complexity index is 294. The van der Waals surface area contributed by atoms with Crippen molar-refractivity contribution in [1.29, 1.82) is 0 Å². The quantitative estimate of drug-likeness (QED) is 0.402. The maximum Gasteiger partial charge on any atom is -0.0161 e. The highest BCUT2D eigenvalue weighted by atomic mass is 13.9. The molecule has 0 atom stereocenters. The normalized spacial score (nSPS) is 13.3. The summed E-state index contributed by atoms with van der Waals surface area (Å²) in [5, 5.41) is 0. The second kappa shape index (κ2) is 9.21. The summed E-state index contributed by atoms with van der Waals surface area (Å²) in [5.41, 5.74) is 4.24. The van der Waals surface area contributed by atoms with Gasteiger partial charge in [0, 0.05) is 0 Å². The van der Waals surface area contributed by atoms with Crippen LogP contribution in [-0.4, -0.2) is 0 Å². The summed E-state index contributed by atoms with van der Waals surface area (Å²) < 4.78 is 0. The van der Waals surface area contributed by atoms with Crippen LogP contribution in [0.3, 0.4) is 0 Å². The molecule has 0 aromatic carbocycles.